The van der Waals surface area contributed by atoms with E-state index < -0.39 is 4.92 Å². The van der Waals surface area contributed by atoms with Gasteiger partial charge in [-0.1, -0.05) is 12.1 Å². The largest absolute Gasteiger partial charge is 0.312 e. The van der Waals surface area contributed by atoms with Gasteiger partial charge in [0.1, 0.15) is 0 Å². The van der Waals surface area contributed by atoms with E-state index in [4.69, 9.17) is 6.57 Å². The average Bonchev–Trinajstić information content (AvgIpc) is 2.05. The maximum atomic E-state index is 10.3. The summed E-state index contributed by atoms with van der Waals surface area (Å²) >= 11 is 0. The van der Waals surface area contributed by atoms with Gasteiger partial charge in [-0.2, -0.15) is 0 Å². The van der Waals surface area contributed by atoms with Crippen molar-refractivity contribution >= 4 is 5.69 Å². The molecule has 1 rings (SSSR count). The molecule has 0 aliphatic heterocycles. The highest BCUT2D eigenvalue weighted by molar-refractivity contribution is 5.34. The third-order valence-corrected chi connectivity index (χ3v) is 1.38. The Morgan fingerprint density at radius 1 is 1.58 bits per heavy atom. The zero-order valence-electron chi connectivity index (χ0n) is 6.23. The lowest BCUT2D eigenvalue weighted by Crippen LogP contribution is -1.88. The van der Waals surface area contributed by atoms with Crippen LogP contribution in [0, 0.1) is 16.7 Å². The van der Waals surface area contributed by atoms with E-state index in [-0.39, 0.29) is 12.2 Å². The van der Waals surface area contributed by atoms with E-state index in [0.29, 0.717) is 5.56 Å². The molecule has 0 saturated carbocycles. The van der Waals surface area contributed by atoms with Crippen molar-refractivity contribution in [1.29, 1.82) is 0 Å². The lowest BCUT2D eigenvalue weighted by Gasteiger charge is -1.91. The van der Waals surface area contributed by atoms with Gasteiger partial charge in [0.15, 0.2) is 0 Å². The van der Waals surface area contributed by atoms with Crippen LogP contribution in [-0.2, 0) is 6.54 Å². The van der Waals surface area contributed by atoms with E-state index in [2.05, 4.69) is 4.85 Å². The summed E-state index contributed by atoms with van der Waals surface area (Å²) in [4.78, 5) is 13.0. The van der Waals surface area contributed by atoms with Crippen molar-refractivity contribution in [2.45, 2.75) is 6.54 Å². The van der Waals surface area contributed by atoms with Gasteiger partial charge in [-0.25, -0.2) is 6.57 Å². The minimum Gasteiger partial charge on any atom is -0.312 e. The fraction of sp³-hybridized carbons (Fsp3) is 0.125. The zero-order chi connectivity index (χ0) is 8.97. The SMILES string of the molecule is [C-]#[N+]Cc1cccc([N+](=O)[O-])c1. The van der Waals surface area contributed by atoms with Crippen LogP contribution in [-0.4, -0.2) is 4.92 Å². The summed E-state index contributed by atoms with van der Waals surface area (Å²) in [5.74, 6) is 0. The number of hydrogen-bond acceptors (Lipinski definition) is 2. The Labute approximate surface area is 69.4 Å². The van der Waals surface area contributed by atoms with Gasteiger partial charge in [-0.3, -0.25) is 10.1 Å². The lowest BCUT2D eigenvalue weighted by molar-refractivity contribution is -0.384. The van der Waals surface area contributed by atoms with Crippen LogP contribution in [0.5, 0.6) is 0 Å². The van der Waals surface area contributed by atoms with Gasteiger partial charge < -0.3 is 4.85 Å². The Bertz CT molecular complexity index is 341. The summed E-state index contributed by atoms with van der Waals surface area (Å²) in [6.07, 6.45) is 0. The van der Waals surface area contributed by atoms with E-state index in [9.17, 15) is 10.1 Å². The average molecular weight is 162 g/mol. The van der Waals surface area contributed by atoms with Gasteiger partial charge in [-0.15, -0.1) is 0 Å². The Hall–Kier alpha value is -1.89. The molecule has 0 fully saturated rings. The van der Waals surface area contributed by atoms with Crippen molar-refractivity contribution in [1.82, 2.24) is 0 Å². The molecule has 0 amide bonds. The molecule has 0 unspecified atom stereocenters. The maximum absolute atomic E-state index is 10.3. The Kier molecular flexibility index (Phi) is 2.38. The second-order valence-electron chi connectivity index (χ2n) is 2.24. The van der Waals surface area contributed by atoms with Gasteiger partial charge in [0.2, 0.25) is 6.54 Å². The molecule has 0 aliphatic carbocycles. The Morgan fingerprint density at radius 3 is 2.92 bits per heavy atom. The first-order valence-corrected chi connectivity index (χ1v) is 3.30. The number of nitro groups is 1. The molecule has 1 aromatic rings. The molecule has 0 aromatic heterocycles. The molecule has 0 heterocycles. The van der Waals surface area contributed by atoms with E-state index in [1.807, 2.05) is 0 Å². The highest BCUT2D eigenvalue weighted by Crippen LogP contribution is 2.13. The topological polar surface area (TPSA) is 47.5 Å². The van der Waals surface area contributed by atoms with Crippen molar-refractivity contribution in [2.24, 2.45) is 0 Å². The number of nitrogens with zero attached hydrogens (tertiary/aromatic N) is 2. The number of benzene rings is 1. The molecule has 0 saturated heterocycles. The van der Waals surface area contributed by atoms with Crippen molar-refractivity contribution < 1.29 is 4.92 Å². The van der Waals surface area contributed by atoms with Crippen molar-refractivity contribution in [3.05, 3.63) is 51.4 Å². The summed E-state index contributed by atoms with van der Waals surface area (Å²) in [6.45, 7) is 6.77. The monoisotopic (exact) mass is 162 g/mol. The van der Waals surface area contributed by atoms with E-state index in [1.54, 1.807) is 12.1 Å². The molecule has 4 heteroatoms. The lowest BCUT2D eigenvalue weighted by atomic mass is 10.2. The fourth-order valence-electron chi connectivity index (χ4n) is 0.860. The van der Waals surface area contributed by atoms with Crippen molar-refractivity contribution in [3.8, 4) is 0 Å². The van der Waals surface area contributed by atoms with Crippen LogP contribution in [0.2, 0.25) is 0 Å². The molecule has 0 radical (unpaired) electrons. The standard InChI is InChI=1S/C8H6N2O2/c1-9-6-7-3-2-4-8(5-7)10(11)12/h2-5H,6H2. The van der Waals surface area contributed by atoms with Crippen LogP contribution in [0.25, 0.3) is 4.85 Å². The third kappa shape index (κ3) is 1.80. The van der Waals surface area contributed by atoms with Crippen LogP contribution >= 0.6 is 0 Å². The minimum absolute atomic E-state index is 0.0381. The van der Waals surface area contributed by atoms with Crippen LogP contribution in [0.1, 0.15) is 5.56 Å². The van der Waals surface area contributed by atoms with E-state index in [0.717, 1.165) is 0 Å². The molecule has 60 valence electrons. The Balaban J connectivity index is 2.97. The third-order valence-electron chi connectivity index (χ3n) is 1.38. The zero-order valence-corrected chi connectivity index (χ0v) is 6.23. The predicted molar refractivity (Wildman–Crippen MR) is 43.4 cm³/mol. The smallest absolute Gasteiger partial charge is 0.269 e. The van der Waals surface area contributed by atoms with Crippen LogP contribution in [0.3, 0.4) is 0 Å². The number of non-ortho nitro benzene ring substituents is 1. The predicted octanol–water partition coefficient (Wildman–Crippen LogP) is 2.01. The molecular weight excluding hydrogens is 156 g/mol. The van der Waals surface area contributed by atoms with Crippen molar-refractivity contribution in [2.75, 3.05) is 0 Å². The molecule has 0 aliphatic rings. The number of nitro benzene ring substituents is 1. The summed E-state index contributed by atoms with van der Waals surface area (Å²) in [7, 11) is 0. The summed E-state index contributed by atoms with van der Waals surface area (Å²) in [5.41, 5.74) is 0.718. The van der Waals surface area contributed by atoms with Gasteiger partial charge in [0.05, 0.1) is 4.92 Å². The number of hydrogen-bond donors (Lipinski definition) is 0. The van der Waals surface area contributed by atoms with Crippen LogP contribution in [0.15, 0.2) is 24.3 Å². The summed E-state index contributed by atoms with van der Waals surface area (Å²) < 4.78 is 0. The van der Waals surface area contributed by atoms with Crippen LogP contribution in [0.4, 0.5) is 5.69 Å². The van der Waals surface area contributed by atoms with Gasteiger partial charge >= 0.3 is 0 Å². The first kappa shape index (κ1) is 8.21. The fourth-order valence-corrected chi connectivity index (χ4v) is 0.860. The van der Waals surface area contributed by atoms with Gasteiger partial charge in [0, 0.05) is 17.7 Å². The quantitative estimate of drug-likeness (QED) is 0.379. The molecule has 0 N–H and O–H groups in total. The molecular formula is C8H6N2O2. The van der Waals surface area contributed by atoms with Crippen molar-refractivity contribution in [3.63, 3.8) is 0 Å². The molecule has 0 bridgehead atoms. The van der Waals surface area contributed by atoms with E-state index >= 15 is 0 Å². The maximum Gasteiger partial charge on any atom is 0.269 e. The first-order chi connectivity index (χ1) is 5.74. The normalized spacial score (nSPS) is 8.92. The van der Waals surface area contributed by atoms with Gasteiger partial charge in [-0.05, 0) is 0 Å². The summed E-state index contributed by atoms with van der Waals surface area (Å²) in [5, 5.41) is 10.3. The molecule has 4 nitrogen and oxygen atoms in total. The molecule has 0 spiro atoms. The van der Waals surface area contributed by atoms with Crippen LogP contribution < -0.4 is 0 Å². The minimum atomic E-state index is -0.465. The second-order valence-corrected chi connectivity index (χ2v) is 2.24. The first-order valence-electron chi connectivity index (χ1n) is 3.30. The molecule has 0 atom stereocenters. The van der Waals surface area contributed by atoms with Gasteiger partial charge in [0.25, 0.3) is 5.69 Å². The molecule has 12 heavy (non-hydrogen) atoms. The highest BCUT2D eigenvalue weighted by atomic mass is 16.6. The second kappa shape index (κ2) is 3.49. The summed E-state index contributed by atoms with van der Waals surface area (Å²) in [6, 6.07) is 6.11. The van der Waals surface area contributed by atoms with E-state index in [1.165, 1.54) is 12.1 Å². The Morgan fingerprint density at radius 2 is 2.33 bits per heavy atom. The molecule has 1 aromatic carbocycles. The number of rotatable bonds is 2. The highest BCUT2D eigenvalue weighted by Gasteiger charge is 2.05.